The van der Waals surface area contributed by atoms with Gasteiger partial charge in [0.2, 0.25) is 10.0 Å². The Morgan fingerprint density at radius 2 is 1.89 bits per heavy atom. The number of amides is 1. The summed E-state index contributed by atoms with van der Waals surface area (Å²) in [6, 6.07) is 9.63. The van der Waals surface area contributed by atoms with E-state index in [1.807, 2.05) is 13.0 Å². The topological polar surface area (TPSA) is 88.6 Å². The first kappa shape index (κ1) is 19.3. The van der Waals surface area contributed by atoms with Gasteiger partial charge in [0.1, 0.15) is 11.6 Å². The summed E-state index contributed by atoms with van der Waals surface area (Å²) in [5.41, 5.74) is 0.917. The van der Waals surface area contributed by atoms with Crippen LogP contribution in [0.3, 0.4) is 0 Å². The molecular weight excluding hydrogens is 366 g/mol. The molecule has 144 valence electrons. The van der Waals surface area contributed by atoms with E-state index in [2.05, 4.69) is 10.3 Å². The van der Waals surface area contributed by atoms with Crippen LogP contribution >= 0.6 is 0 Å². The number of hydrogen-bond donors (Lipinski definition) is 1. The summed E-state index contributed by atoms with van der Waals surface area (Å²) >= 11 is 0. The third kappa shape index (κ3) is 4.28. The van der Waals surface area contributed by atoms with E-state index in [1.54, 1.807) is 12.1 Å². The van der Waals surface area contributed by atoms with E-state index in [1.165, 1.54) is 29.6 Å². The first-order valence-corrected chi connectivity index (χ1v) is 10.3. The molecule has 27 heavy (non-hydrogen) atoms. The highest BCUT2D eigenvalue weighted by Gasteiger charge is 2.27. The van der Waals surface area contributed by atoms with Crippen LogP contribution in [0.1, 0.15) is 35.3 Å². The van der Waals surface area contributed by atoms with Gasteiger partial charge in [-0.1, -0.05) is 12.5 Å². The van der Waals surface area contributed by atoms with Crippen molar-refractivity contribution in [1.29, 1.82) is 0 Å². The second kappa shape index (κ2) is 8.06. The molecule has 1 fully saturated rings. The largest absolute Gasteiger partial charge is 0.496 e. The van der Waals surface area contributed by atoms with Crippen LogP contribution in [0.15, 0.2) is 41.3 Å². The van der Waals surface area contributed by atoms with E-state index in [0.29, 0.717) is 24.7 Å². The van der Waals surface area contributed by atoms with E-state index in [0.717, 1.165) is 25.0 Å². The zero-order valence-corrected chi connectivity index (χ0v) is 16.3. The molecule has 1 aliphatic rings. The molecule has 0 unspecified atom stereocenters. The van der Waals surface area contributed by atoms with Gasteiger partial charge in [0.05, 0.1) is 17.6 Å². The number of sulfonamides is 1. The summed E-state index contributed by atoms with van der Waals surface area (Å²) in [5, 5.41) is 2.69. The fraction of sp³-hybridized carbons (Fsp3) is 0.368. The van der Waals surface area contributed by atoms with Crippen LogP contribution in [0.2, 0.25) is 0 Å². The molecule has 0 radical (unpaired) electrons. The van der Waals surface area contributed by atoms with Crippen LogP contribution in [0.4, 0.5) is 5.82 Å². The van der Waals surface area contributed by atoms with Gasteiger partial charge in [0.25, 0.3) is 5.91 Å². The Morgan fingerprint density at radius 3 is 2.56 bits per heavy atom. The highest BCUT2D eigenvalue weighted by molar-refractivity contribution is 7.89. The van der Waals surface area contributed by atoms with E-state index in [4.69, 9.17) is 4.74 Å². The van der Waals surface area contributed by atoms with Gasteiger partial charge in [0.15, 0.2) is 0 Å². The van der Waals surface area contributed by atoms with Gasteiger partial charge in [-0.15, -0.1) is 0 Å². The van der Waals surface area contributed by atoms with E-state index >= 15 is 0 Å². The predicted molar refractivity (Wildman–Crippen MR) is 103 cm³/mol. The highest BCUT2D eigenvalue weighted by Crippen LogP contribution is 2.27. The van der Waals surface area contributed by atoms with Gasteiger partial charge in [-0.3, -0.25) is 4.79 Å². The molecule has 8 heteroatoms. The lowest BCUT2D eigenvalue weighted by Gasteiger charge is -2.26. The average molecular weight is 389 g/mol. The minimum Gasteiger partial charge on any atom is -0.496 e. The molecule has 2 aromatic rings. The molecule has 1 N–H and O–H groups in total. The maximum absolute atomic E-state index is 12.9. The van der Waals surface area contributed by atoms with Gasteiger partial charge in [-0.2, -0.15) is 4.31 Å². The summed E-state index contributed by atoms with van der Waals surface area (Å²) in [7, 11) is -2.20. The molecule has 3 rings (SSSR count). The van der Waals surface area contributed by atoms with Crippen molar-refractivity contribution in [3.05, 3.63) is 47.7 Å². The molecule has 0 bridgehead atoms. The Bertz CT molecular complexity index is 938. The summed E-state index contributed by atoms with van der Waals surface area (Å²) < 4.78 is 32.5. The number of benzene rings is 1. The lowest BCUT2D eigenvalue weighted by atomic mass is 10.2. The molecule has 0 atom stereocenters. The van der Waals surface area contributed by atoms with Crippen molar-refractivity contribution in [2.75, 3.05) is 25.5 Å². The zero-order valence-electron chi connectivity index (χ0n) is 15.4. The van der Waals surface area contributed by atoms with Crippen LogP contribution in [0.25, 0.3) is 0 Å². The number of ether oxygens (including phenoxy) is 1. The van der Waals surface area contributed by atoms with Crippen molar-refractivity contribution in [1.82, 2.24) is 9.29 Å². The Balaban J connectivity index is 1.92. The fourth-order valence-corrected chi connectivity index (χ4v) is 4.62. The first-order chi connectivity index (χ1) is 12.9. The van der Waals surface area contributed by atoms with Crippen LogP contribution in [-0.4, -0.2) is 43.8 Å². The smallest absolute Gasteiger partial charge is 0.260 e. The van der Waals surface area contributed by atoms with Crippen LogP contribution in [-0.2, 0) is 10.0 Å². The molecule has 2 heterocycles. The molecule has 0 spiro atoms. The minimum absolute atomic E-state index is 0.0903. The summed E-state index contributed by atoms with van der Waals surface area (Å²) in [6.45, 7) is 2.83. The molecule has 7 nitrogen and oxygen atoms in total. The normalized spacial score (nSPS) is 15.3. The van der Waals surface area contributed by atoms with Crippen molar-refractivity contribution in [2.45, 2.75) is 31.1 Å². The number of nitrogens with one attached hydrogen (secondary N) is 1. The van der Waals surface area contributed by atoms with Crippen molar-refractivity contribution < 1.29 is 17.9 Å². The molecule has 1 aromatic heterocycles. The van der Waals surface area contributed by atoms with E-state index in [9.17, 15) is 13.2 Å². The van der Waals surface area contributed by atoms with Crippen LogP contribution in [0, 0.1) is 6.92 Å². The van der Waals surface area contributed by atoms with Crippen molar-refractivity contribution in [3.8, 4) is 5.75 Å². The zero-order chi connectivity index (χ0) is 19.4. The molecular formula is C19H23N3O4S. The minimum atomic E-state index is -3.64. The second-order valence-corrected chi connectivity index (χ2v) is 8.38. The number of hydrogen-bond acceptors (Lipinski definition) is 5. The third-order valence-corrected chi connectivity index (χ3v) is 6.39. The van der Waals surface area contributed by atoms with Gasteiger partial charge in [-0.05, 0) is 50.1 Å². The molecule has 1 aromatic carbocycles. The number of anilines is 1. The molecule has 1 aliphatic heterocycles. The Hall–Kier alpha value is -2.45. The number of nitrogens with zero attached hydrogens (tertiary/aromatic N) is 2. The van der Waals surface area contributed by atoms with Gasteiger partial charge < -0.3 is 10.1 Å². The van der Waals surface area contributed by atoms with Crippen molar-refractivity contribution in [3.63, 3.8) is 0 Å². The van der Waals surface area contributed by atoms with Crippen LogP contribution < -0.4 is 10.1 Å². The lowest BCUT2D eigenvalue weighted by molar-refractivity contribution is 0.102. The maximum Gasteiger partial charge on any atom is 0.260 e. The predicted octanol–water partition coefficient (Wildman–Crippen LogP) is 2.83. The second-order valence-electron chi connectivity index (χ2n) is 6.45. The number of pyridine rings is 1. The number of piperidine rings is 1. The maximum atomic E-state index is 12.9. The monoisotopic (exact) mass is 389 g/mol. The first-order valence-electron chi connectivity index (χ1n) is 8.85. The lowest BCUT2D eigenvalue weighted by Crippen LogP contribution is -2.35. The Kier molecular flexibility index (Phi) is 5.76. The Labute approximate surface area is 159 Å². The average Bonchev–Trinajstić information content (AvgIpc) is 2.68. The SMILES string of the molecule is COc1ccc(S(=O)(=O)N2CCCCC2)cc1C(=O)Nc1cccc(C)n1. The summed E-state index contributed by atoms with van der Waals surface area (Å²) in [6.07, 6.45) is 2.73. The molecule has 0 aliphatic carbocycles. The number of rotatable bonds is 5. The number of aryl methyl sites for hydroxylation is 1. The van der Waals surface area contributed by atoms with Gasteiger partial charge in [-0.25, -0.2) is 13.4 Å². The number of carbonyl (C=O) groups excluding carboxylic acids is 1. The van der Waals surface area contributed by atoms with Gasteiger partial charge >= 0.3 is 0 Å². The number of methoxy groups -OCH3 is 1. The standard InChI is InChI=1S/C19H23N3O4S/c1-14-7-6-8-18(20-14)21-19(23)16-13-15(9-10-17(16)26-2)27(24,25)22-11-4-3-5-12-22/h6-10,13H,3-5,11-12H2,1-2H3,(H,20,21,23). The Morgan fingerprint density at radius 1 is 1.15 bits per heavy atom. The third-order valence-electron chi connectivity index (χ3n) is 4.50. The summed E-state index contributed by atoms with van der Waals surface area (Å²) in [5.74, 6) is 0.227. The fourth-order valence-electron chi connectivity index (χ4n) is 3.08. The number of carbonyl (C=O) groups is 1. The summed E-state index contributed by atoms with van der Waals surface area (Å²) in [4.78, 5) is 17.1. The van der Waals surface area contributed by atoms with E-state index < -0.39 is 15.9 Å². The molecule has 0 saturated carbocycles. The quantitative estimate of drug-likeness (QED) is 0.849. The van der Waals surface area contributed by atoms with Crippen LogP contribution in [0.5, 0.6) is 5.75 Å². The van der Waals surface area contributed by atoms with E-state index in [-0.39, 0.29) is 10.5 Å². The molecule has 1 amide bonds. The van der Waals surface area contributed by atoms with Crippen molar-refractivity contribution in [2.24, 2.45) is 0 Å². The highest BCUT2D eigenvalue weighted by atomic mass is 32.2. The van der Waals surface area contributed by atoms with Gasteiger partial charge in [0, 0.05) is 18.8 Å². The number of aromatic nitrogens is 1. The molecule has 1 saturated heterocycles. The van der Waals surface area contributed by atoms with Crippen molar-refractivity contribution >= 4 is 21.7 Å².